The monoisotopic (exact) mass is 360 g/mol. The van der Waals surface area contributed by atoms with Gasteiger partial charge in [-0.1, -0.05) is 32.9 Å². The first-order chi connectivity index (χ1) is 12.3. The lowest BCUT2D eigenvalue weighted by Gasteiger charge is -2.31. The zero-order valence-electron chi connectivity index (χ0n) is 16.1. The summed E-state index contributed by atoms with van der Waals surface area (Å²) >= 11 is 0. The molecule has 0 bridgehead atoms. The third-order valence-electron chi connectivity index (χ3n) is 3.91. The summed E-state index contributed by atoms with van der Waals surface area (Å²) in [6.45, 7) is 10.1. The van der Waals surface area contributed by atoms with Crippen molar-refractivity contribution < 1.29 is 19.1 Å². The summed E-state index contributed by atoms with van der Waals surface area (Å²) in [5.74, 6) is 0.249. The number of hydrogen-bond donors (Lipinski definition) is 2. The number of esters is 1. The number of carbonyl (C=O) groups is 2. The van der Waals surface area contributed by atoms with Crippen LogP contribution in [-0.4, -0.2) is 24.7 Å². The van der Waals surface area contributed by atoms with E-state index in [0.717, 1.165) is 12.0 Å². The van der Waals surface area contributed by atoms with Crippen LogP contribution >= 0.6 is 0 Å². The molecule has 1 unspecified atom stereocenters. The number of benzene rings is 1. The molecule has 2 amide bonds. The van der Waals surface area contributed by atoms with Gasteiger partial charge in [0, 0.05) is 5.70 Å². The summed E-state index contributed by atoms with van der Waals surface area (Å²) in [5, 5.41) is 5.61. The van der Waals surface area contributed by atoms with Crippen molar-refractivity contribution in [2.75, 3.05) is 6.61 Å². The summed E-state index contributed by atoms with van der Waals surface area (Å²) in [6.07, 6.45) is 0.651. The molecule has 142 valence electrons. The van der Waals surface area contributed by atoms with E-state index in [0.29, 0.717) is 23.6 Å². The number of ether oxygens (including phenoxy) is 2. The van der Waals surface area contributed by atoms with Crippen LogP contribution < -0.4 is 15.4 Å². The molecule has 1 atom stereocenters. The first-order valence-electron chi connectivity index (χ1n) is 9.08. The Labute approximate surface area is 154 Å². The quantitative estimate of drug-likeness (QED) is 0.727. The molecule has 2 rings (SSSR count). The highest BCUT2D eigenvalue weighted by atomic mass is 16.5. The molecule has 0 aliphatic carbocycles. The van der Waals surface area contributed by atoms with Crippen LogP contribution in [0.4, 0.5) is 4.79 Å². The molecule has 1 aliphatic heterocycles. The maximum atomic E-state index is 12.8. The minimum atomic E-state index is -0.586. The standard InChI is InChI=1S/C20H28N2O4/c1-6-10-25-15-9-7-8-14(11-15)18-16(19(23)26-13(4)5)17(12(2)3)21-20(24)22-18/h7-9,11-13,18H,6,10H2,1-5H3,(H2,21,22,24). The van der Waals surface area contributed by atoms with Gasteiger partial charge in [-0.2, -0.15) is 0 Å². The second-order valence-corrected chi connectivity index (χ2v) is 6.89. The Bertz CT molecular complexity index is 695. The van der Waals surface area contributed by atoms with E-state index in [2.05, 4.69) is 10.6 Å². The minimum absolute atomic E-state index is 0.0298. The SMILES string of the molecule is CCCOc1cccc(C2NC(=O)NC(C(C)C)=C2C(=O)OC(C)C)c1. The molecule has 0 aromatic heterocycles. The molecule has 0 fully saturated rings. The number of allylic oxidation sites excluding steroid dienone is 1. The normalized spacial score (nSPS) is 17.2. The smallest absolute Gasteiger partial charge is 0.338 e. The van der Waals surface area contributed by atoms with Crippen LogP contribution in [0, 0.1) is 5.92 Å². The molecule has 0 radical (unpaired) electrons. The number of amides is 2. The third-order valence-corrected chi connectivity index (χ3v) is 3.91. The van der Waals surface area contributed by atoms with Gasteiger partial charge < -0.3 is 20.1 Å². The molecule has 0 spiro atoms. The Hall–Kier alpha value is -2.50. The second kappa shape index (κ2) is 8.74. The van der Waals surface area contributed by atoms with Gasteiger partial charge in [-0.25, -0.2) is 9.59 Å². The van der Waals surface area contributed by atoms with Gasteiger partial charge >= 0.3 is 12.0 Å². The van der Waals surface area contributed by atoms with Gasteiger partial charge in [0.15, 0.2) is 0 Å². The molecule has 1 aromatic carbocycles. The van der Waals surface area contributed by atoms with E-state index < -0.39 is 12.0 Å². The molecule has 1 aliphatic rings. The van der Waals surface area contributed by atoms with Crippen LogP contribution in [0.25, 0.3) is 0 Å². The molecule has 6 heteroatoms. The van der Waals surface area contributed by atoms with Crippen LogP contribution in [0.5, 0.6) is 5.75 Å². The number of urea groups is 1. The first kappa shape index (κ1) is 19.8. The van der Waals surface area contributed by atoms with Crippen molar-refractivity contribution in [2.24, 2.45) is 5.92 Å². The fraction of sp³-hybridized carbons (Fsp3) is 0.500. The molecule has 2 N–H and O–H groups in total. The van der Waals surface area contributed by atoms with Gasteiger partial charge in [0.2, 0.25) is 0 Å². The van der Waals surface area contributed by atoms with Crippen LogP contribution in [0.15, 0.2) is 35.5 Å². The Kier molecular flexibility index (Phi) is 6.66. The molecule has 6 nitrogen and oxygen atoms in total. The number of rotatable bonds is 7. The lowest BCUT2D eigenvalue weighted by Crippen LogP contribution is -2.47. The van der Waals surface area contributed by atoms with Gasteiger partial charge in [0.05, 0.1) is 24.3 Å². The van der Waals surface area contributed by atoms with Crippen molar-refractivity contribution in [1.29, 1.82) is 0 Å². The molecular formula is C20H28N2O4. The molecule has 26 heavy (non-hydrogen) atoms. The largest absolute Gasteiger partial charge is 0.494 e. The van der Waals surface area contributed by atoms with Gasteiger partial charge in [-0.05, 0) is 43.9 Å². The maximum Gasteiger partial charge on any atom is 0.338 e. The Morgan fingerprint density at radius 2 is 1.96 bits per heavy atom. The maximum absolute atomic E-state index is 12.8. The van der Waals surface area contributed by atoms with E-state index in [9.17, 15) is 9.59 Å². The first-order valence-corrected chi connectivity index (χ1v) is 9.08. The van der Waals surface area contributed by atoms with Crippen LogP contribution in [0.2, 0.25) is 0 Å². The van der Waals surface area contributed by atoms with Crippen LogP contribution in [-0.2, 0) is 9.53 Å². The van der Waals surface area contributed by atoms with Gasteiger partial charge in [-0.15, -0.1) is 0 Å². The van der Waals surface area contributed by atoms with E-state index in [4.69, 9.17) is 9.47 Å². The third kappa shape index (κ3) is 4.77. The van der Waals surface area contributed by atoms with E-state index in [-0.39, 0.29) is 18.1 Å². The lowest BCUT2D eigenvalue weighted by molar-refractivity contribution is -0.143. The fourth-order valence-electron chi connectivity index (χ4n) is 2.80. The highest BCUT2D eigenvalue weighted by molar-refractivity contribution is 5.95. The number of nitrogens with one attached hydrogen (secondary N) is 2. The van der Waals surface area contributed by atoms with Crippen molar-refractivity contribution in [1.82, 2.24) is 10.6 Å². The number of hydrogen-bond acceptors (Lipinski definition) is 4. The van der Waals surface area contributed by atoms with Crippen LogP contribution in [0.3, 0.4) is 0 Å². The van der Waals surface area contributed by atoms with E-state index >= 15 is 0 Å². The summed E-state index contributed by atoms with van der Waals surface area (Å²) < 4.78 is 11.1. The van der Waals surface area contributed by atoms with Crippen LogP contribution in [0.1, 0.15) is 52.6 Å². The molecule has 1 aromatic rings. The summed E-state index contributed by atoms with van der Waals surface area (Å²) in [4.78, 5) is 24.9. The molecular weight excluding hydrogens is 332 g/mol. The second-order valence-electron chi connectivity index (χ2n) is 6.89. The average molecular weight is 360 g/mol. The van der Waals surface area contributed by atoms with Crippen molar-refractivity contribution >= 4 is 12.0 Å². The minimum Gasteiger partial charge on any atom is -0.494 e. The Morgan fingerprint density at radius 3 is 2.58 bits per heavy atom. The average Bonchev–Trinajstić information content (AvgIpc) is 2.58. The van der Waals surface area contributed by atoms with E-state index in [1.807, 2.05) is 45.0 Å². The van der Waals surface area contributed by atoms with Crippen molar-refractivity contribution in [3.8, 4) is 5.75 Å². The summed E-state index contributed by atoms with van der Waals surface area (Å²) in [7, 11) is 0. The predicted octanol–water partition coefficient (Wildman–Crippen LogP) is 3.69. The highest BCUT2D eigenvalue weighted by Crippen LogP contribution is 2.32. The van der Waals surface area contributed by atoms with Gasteiger partial charge in [-0.3, -0.25) is 0 Å². The van der Waals surface area contributed by atoms with Crippen molar-refractivity contribution in [3.63, 3.8) is 0 Å². The van der Waals surface area contributed by atoms with Gasteiger partial charge in [0.1, 0.15) is 5.75 Å². The summed E-state index contributed by atoms with van der Waals surface area (Å²) in [5.41, 5.74) is 1.80. The van der Waals surface area contributed by atoms with E-state index in [1.54, 1.807) is 13.8 Å². The highest BCUT2D eigenvalue weighted by Gasteiger charge is 2.35. The fourth-order valence-corrected chi connectivity index (χ4v) is 2.80. The Morgan fingerprint density at radius 1 is 1.23 bits per heavy atom. The lowest BCUT2D eigenvalue weighted by atomic mass is 9.91. The topological polar surface area (TPSA) is 76.7 Å². The molecule has 0 saturated carbocycles. The zero-order valence-corrected chi connectivity index (χ0v) is 16.1. The van der Waals surface area contributed by atoms with E-state index in [1.165, 1.54) is 0 Å². The molecule has 0 saturated heterocycles. The van der Waals surface area contributed by atoms with Crippen molar-refractivity contribution in [2.45, 2.75) is 53.2 Å². The van der Waals surface area contributed by atoms with Gasteiger partial charge in [0.25, 0.3) is 0 Å². The molecule has 1 heterocycles. The Balaban J connectivity index is 2.47. The summed E-state index contributed by atoms with van der Waals surface area (Å²) in [6, 6.07) is 6.52. The zero-order chi connectivity index (χ0) is 19.3. The predicted molar refractivity (Wildman–Crippen MR) is 99.7 cm³/mol. The number of carbonyl (C=O) groups excluding carboxylic acids is 2. The van der Waals surface area contributed by atoms with Crippen molar-refractivity contribution in [3.05, 3.63) is 41.1 Å².